The molecule has 0 amide bonds. The Morgan fingerprint density at radius 1 is 0.538 bits per heavy atom. The maximum atomic E-state index is 6.33. The Morgan fingerprint density at radius 2 is 1.18 bits per heavy atom. The van der Waals surface area contributed by atoms with Crippen molar-refractivity contribution in [3.05, 3.63) is 146 Å². The van der Waals surface area contributed by atoms with E-state index in [0.29, 0.717) is 0 Å². The predicted molar refractivity (Wildman–Crippen MR) is 164 cm³/mol. The molecule has 7 heteroatoms. The molecular formula is C32H24B3N3O. The Hall–Kier alpha value is -4.61. The van der Waals surface area contributed by atoms with Crippen LogP contribution in [-0.4, -0.2) is 35.1 Å². The summed E-state index contributed by atoms with van der Waals surface area (Å²) in [6.07, 6.45) is 12.5. The van der Waals surface area contributed by atoms with Gasteiger partial charge in [-0.25, -0.2) is 0 Å². The highest BCUT2D eigenvalue weighted by Gasteiger charge is 2.47. The summed E-state index contributed by atoms with van der Waals surface area (Å²) in [5.41, 5.74) is 7.26. The molecule has 3 aliphatic rings. The number of para-hydroxylation sites is 2. The van der Waals surface area contributed by atoms with Crippen LogP contribution in [0.2, 0.25) is 0 Å². The highest BCUT2D eigenvalue weighted by Crippen LogP contribution is 2.34. The molecule has 1 saturated heterocycles. The molecule has 4 aromatic carbocycles. The van der Waals surface area contributed by atoms with Gasteiger partial charge < -0.3 is 18.6 Å². The summed E-state index contributed by atoms with van der Waals surface area (Å²) >= 11 is 0. The van der Waals surface area contributed by atoms with Crippen molar-refractivity contribution in [3.8, 4) is 16.8 Å². The third kappa shape index (κ3) is 3.62. The molecule has 0 spiro atoms. The molecule has 0 bridgehead atoms. The highest BCUT2D eigenvalue weighted by molar-refractivity contribution is 6.91. The molecule has 0 N–H and O–H groups in total. The average Bonchev–Trinajstić information content (AvgIpc) is 3.34. The van der Waals surface area contributed by atoms with Crippen molar-refractivity contribution in [2.24, 2.45) is 0 Å². The van der Waals surface area contributed by atoms with Gasteiger partial charge in [0, 0.05) is 16.5 Å². The van der Waals surface area contributed by atoms with E-state index >= 15 is 0 Å². The fraction of sp³-hybridized carbons (Fsp3) is 0. The minimum absolute atomic E-state index is 0.0493. The molecule has 0 radical (unpaired) electrons. The first-order valence-corrected chi connectivity index (χ1v) is 13.4. The van der Waals surface area contributed by atoms with Crippen molar-refractivity contribution in [2.75, 3.05) is 0 Å². The predicted octanol–water partition coefficient (Wildman–Crippen LogP) is 6.00. The molecular weight excluding hydrogens is 475 g/mol. The van der Waals surface area contributed by atoms with Crippen LogP contribution in [0.1, 0.15) is 0 Å². The number of benzene rings is 4. The first-order chi connectivity index (χ1) is 19.3. The summed E-state index contributed by atoms with van der Waals surface area (Å²) in [5, 5.41) is 2.54. The van der Waals surface area contributed by atoms with E-state index in [1.165, 1.54) is 44.1 Å². The average molecular weight is 499 g/mol. The summed E-state index contributed by atoms with van der Waals surface area (Å²) in [6, 6.07) is 35.1. The van der Waals surface area contributed by atoms with Crippen molar-refractivity contribution in [1.82, 2.24) is 14.0 Å². The second-order valence-corrected chi connectivity index (χ2v) is 10.2. The summed E-state index contributed by atoms with van der Waals surface area (Å²) in [5.74, 6) is 4.23. The zero-order chi connectivity index (χ0) is 25.8. The number of aromatic nitrogens is 1. The maximum Gasteiger partial charge on any atom is 0.418 e. The smallest absolute Gasteiger partial charge is 0.418 e. The van der Waals surface area contributed by atoms with Gasteiger partial charge in [0.2, 0.25) is 0 Å². The summed E-state index contributed by atoms with van der Waals surface area (Å²) in [4.78, 5) is 0. The van der Waals surface area contributed by atoms with Gasteiger partial charge in [-0.3, -0.25) is 0 Å². The van der Waals surface area contributed by atoms with E-state index in [1.54, 1.807) is 0 Å². The lowest BCUT2D eigenvalue weighted by atomic mass is 9.47. The molecule has 5 aromatic rings. The van der Waals surface area contributed by atoms with E-state index in [9.17, 15) is 0 Å². The van der Waals surface area contributed by atoms with Gasteiger partial charge in [-0.05, 0) is 65.4 Å². The number of hydrogen-bond acceptors (Lipinski definition) is 3. The third-order valence-electron chi connectivity index (χ3n) is 7.95. The van der Waals surface area contributed by atoms with Gasteiger partial charge in [0.05, 0.1) is 11.0 Å². The van der Waals surface area contributed by atoms with E-state index < -0.39 is 0 Å². The molecule has 0 aliphatic carbocycles. The van der Waals surface area contributed by atoms with Gasteiger partial charge in [-0.15, -0.1) is 0 Å². The minimum Gasteiger partial charge on any atom is -0.456 e. The number of allylic oxidation sites excluding steroid dienone is 4. The topological polar surface area (TPSA) is 20.6 Å². The van der Waals surface area contributed by atoms with Crippen molar-refractivity contribution >= 4 is 48.4 Å². The van der Waals surface area contributed by atoms with E-state index in [0.717, 1.165) is 0 Å². The SMILES string of the molecule is C1=CB2OB3C=CC=CN3B(c3ccc(-c4ccc5c6ccccc6n(-c6ccccc6)c5c4)cc3)N2C=C1. The molecule has 0 unspecified atom stereocenters. The standard InChI is InChI=1S/C32H24B3N3O/c1-2-10-28(11-3-1)38-31-13-5-4-12-29(31)30-19-16-26(24-32(30)38)25-14-17-27(18-15-25)35-36-22-8-6-20-33(36)39-34-21-7-9-23-37(34)35/h1-24H. The van der Waals surface area contributed by atoms with Crippen LogP contribution in [0, 0.1) is 0 Å². The van der Waals surface area contributed by atoms with E-state index in [1.807, 2.05) is 0 Å². The van der Waals surface area contributed by atoms with E-state index in [-0.39, 0.29) is 21.1 Å². The largest absolute Gasteiger partial charge is 0.456 e. The van der Waals surface area contributed by atoms with Crippen LogP contribution in [0.15, 0.2) is 146 Å². The van der Waals surface area contributed by atoms with Crippen molar-refractivity contribution in [2.45, 2.75) is 0 Å². The molecule has 0 saturated carbocycles. The molecule has 1 aromatic heterocycles. The lowest BCUT2D eigenvalue weighted by molar-refractivity contribution is 0.475. The molecule has 8 rings (SSSR count). The maximum absolute atomic E-state index is 6.33. The van der Waals surface area contributed by atoms with E-state index in [2.05, 4.69) is 160 Å². The Morgan fingerprint density at radius 3 is 1.92 bits per heavy atom. The number of rotatable bonds is 3. The van der Waals surface area contributed by atoms with Crippen LogP contribution in [0.5, 0.6) is 0 Å². The van der Waals surface area contributed by atoms with Gasteiger partial charge in [0.1, 0.15) is 0 Å². The van der Waals surface area contributed by atoms with Crippen molar-refractivity contribution < 1.29 is 4.57 Å². The quantitative estimate of drug-likeness (QED) is 0.284. The summed E-state index contributed by atoms with van der Waals surface area (Å²) in [7, 11) is -0.168. The van der Waals surface area contributed by atoms with Gasteiger partial charge >= 0.3 is 21.1 Å². The van der Waals surface area contributed by atoms with Gasteiger partial charge in [-0.1, -0.05) is 96.9 Å². The zero-order valence-electron chi connectivity index (χ0n) is 21.3. The van der Waals surface area contributed by atoms with Crippen LogP contribution in [0.3, 0.4) is 0 Å². The second-order valence-electron chi connectivity index (χ2n) is 10.2. The number of nitrogens with zero attached hydrogens (tertiary/aromatic N) is 3. The fourth-order valence-electron chi connectivity index (χ4n) is 6.15. The molecule has 4 heterocycles. The normalized spacial score (nSPS) is 15.9. The molecule has 4 nitrogen and oxygen atoms in total. The molecule has 39 heavy (non-hydrogen) atoms. The summed E-state index contributed by atoms with van der Waals surface area (Å²) in [6.45, 7) is 0.0493. The van der Waals surface area contributed by atoms with Crippen LogP contribution in [0.4, 0.5) is 0 Å². The Bertz CT molecular complexity index is 1790. The zero-order valence-corrected chi connectivity index (χ0v) is 21.3. The van der Waals surface area contributed by atoms with Crippen LogP contribution < -0.4 is 5.46 Å². The minimum atomic E-state index is -0.0839. The Kier molecular flexibility index (Phi) is 5.17. The second kappa shape index (κ2) is 9.00. The van der Waals surface area contributed by atoms with Gasteiger partial charge in [-0.2, -0.15) is 0 Å². The Labute approximate surface area is 229 Å². The van der Waals surface area contributed by atoms with Crippen LogP contribution in [0.25, 0.3) is 38.6 Å². The number of hydrogen-bond donors (Lipinski definition) is 0. The molecule has 1 fully saturated rings. The number of fused-ring (bicyclic) bond motifs is 5. The summed E-state index contributed by atoms with van der Waals surface area (Å²) < 4.78 is 13.3. The lowest BCUT2D eigenvalue weighted by Gasteiger charge is -2.47. The monoisotopic (exact) mass is 499 g/mol. The van der Waals surface area contributed by atoms with Crippen LogP contribution >= 0.6 is 0 Å². The van der Waals surface area contributed by atoms with E-state index in [4.69, 9.17) is 4.57 Å². The lowest BCUT2D eigenvalue weighted by Crippen LogP contribution is -2.71. The first-order valence-electron chi connectivity index (χ1n) is 13.4. The molecule has 0 atom stereocenters. The Balaban J connectivity index is 1.21. The van der Waals surface area contributed by atoms with Crippen molar-refractivity contribution in [3.63, 3.8) is 0 Å². The molecule has 3 aliphatic heterocycles. The fourth-order valence-corrected chi connectivity index (χ4v) is 6.15. The van der Waals surface area contributed by atoms with Gasteiger partial charge in [0.15, 0.2) is 0 Å². The van der Waals surface area contributed by atoms with Crippen LogP contribution in [-0.2, 0) is 4.57 Å². The molecule has 182 valence electrons. The first kappa shape index (κ1) is 22.4. The van der Waals surface area contributed by atoms with Crippen molar-refractivity contribution in [1.29, 1.82) is 0 Å². The third-order valence-corrected chi connectivity index (χ3v) is 7.95. The van der Waals surface area contributed by atoms with Gasteiger partial charge in [0.25, 0.3) is 0 Å². The highest BCUT2D eigenvalue weighted by atomic mass is 16.4.